The topological polar surface area (TPSA) is 45.2 Å². The Bertz CT molecular complexity index is 473. The lowest BCUT2D eigenvalue weighted by atomic mass is 9.80. The van der Waals surface area contributed by atoms with Crippen LogP contribution in [0.3, 0.4) is 0 Å². The first-order valence-corrected chi connectivity index (χ1v) is 7.79. The number of aromatic nitrogens is 1. The van der Waals surface area contributed by atoms with Crippen molar-refractivity contribution in [1.82, 2.24) is 15.2 Å². The van der Waals surface area contributed by atoms with E-state index in [0.29, 0.717) is 12.3 Å². The van der Waals surface area contributed by atoms with Crippen LogP contribution in [0.4, 0.5) is 0 Å². The first kappa shape index (κ1) is 18.9. The highest BCUT2D eigenvalue weighted by molar-refractivity contribution is 5.85. The van der Waals surface area contributed by atoms with E-state index in [-0.39, 0.29) is 29.8 Å². The van der Waals surface area contributed by atoms with Crippen molar-refractivity contribution in [3.05, 3.63) is 30.1 Å². The molecule has 1 saturated heterocycles. The lowest BCUT2D eigenvalue weighted by Crippen LogP contribution is -2.49. The van der Waals surface area contributed by atoms with Gasteiger partial charge in [0.25, 0.3) is 0 Å². The Balaban J connectivity index is 0.00000242. The summed E-state index contributed by atoms with van der Waals surface area (Å²) in [5.74, 6) is 0.627. The van der Waals surface area contributed by atoms with Crippen molar-refractivity contribution in [3.8, 4) is 0 Å². The quantitative estimate of drug-likeness (QED) is 0.929. The van der Waals surface area contributed by atoms with Gasteiger partial charge < -0.3 is 10.2 Å². The van der Waals surface area contributed by atoms with Crippen LogP contribution in [0.2, 0.25) is 0 Å². The highest BCUT2D eigenvalue weighted by Gasteiger charge is 2.31. The molecule has 1 aliphatic rings. The summed E-state index contributed by atoms with van der Waals surface area (Å²) in [6.45, 7) is 11.2. The SMILES string of the molecule is CC(CC(=O)N1CCNCC1c1cccnc1)C(C)(C)C.Cl. The van der Waals surface area contributed by atoms with Gasteiger partial charge in [-0.25, -0.2) is 0 Å². The molecule has 4 nitrogen and oxygen atoms in total. The van der Waals surface area contributed by atoms with Gasteiger partial charge >= 0.3 is 0 Å². The van der Waals surface area contributed by atoms with E-state index in [2.05, 4.69) is 44.1 Å². The molecule has 1 aromatic heterocycles. The molecule has 124 valence electrons. The molecular weight excluding hydrogens is 298 g/mol. The Morgan fingerprint density at radius 3 is 2.82 bits per heavy atom. The van der Waals surface area contributed by atoms with Gasteiger partial charge in [-0.15, -0.1) is 12.4 Å². The molecule has 0 saturated carbocycles. The highest BCUT2D eigenvalue weighted by Crippen LogP contribution is 2.30. The molecule has 0 radical (unpaired) electrons. The van der Waals surface area contributed by atoms with Gasteiger partial charge in [0.15, 0.2) is 0 Å². The fourth-order valence-corrected chi connectivity index (χ4v) is 2.56. The zero-order valence-corrected chi connectivity index (χ0v) is 14.8. The number of halogens is 1. The van der Waals surface area contributed by atoms with E-state index in [1.54, 1.807) is 6.20 Å². The first-order chi connectivity index (χ1) is 9.89. The number of carbonyl (C=O) groups is 1. The number of hydrogen-bond acceptors (Lipinski definition) is 3. The average Bonchev–Trinajstić information content (AvgIpc) is 2.47. The van der Waals surface area contributed by atoms with E-state index in [1.807, 2.05) is 17.2 Å². The molecule has 22 heavy (non-hydrogen) atoms. The molecule has 1 aromatic rings. The maximum atomic E-state index is 12.7. The van der Waals surface area contributed by atoms with Crippen LogP contribution >= 0.6 is 12.4 Å². The minimum Gasteiger partial charge on any atom is -0.333 e. The third-order valence-corrected chi connectivity index (χ3v) is 4.59. The highest BCUT2D eigenvalue weighted by atomic mass is 35.5. The van der Waals surface area contributed by atoms with E-state index < -0.39 is 0 Å². The van der Waals surface area contributed by atoms with Crippen molar-refractivity contribution >= 4 is 18.3 Å². The van der Waals surface area contributed by atoms with Gasteiger partial charge in [0.2, 0.25) is 5.91 Å². The molecule has 2 unspecified atom stereocenters. The Kier molecular flexibility index (Phi) is 6.82. The fourth-order valence-electron chi connectivity index (χ4n) is 2.56. The van der Waals surface area contributed by atoms with Gasteiger partial charge in [0.05, 0.1) is 6.04 Å². The number of nitrogens with one attached hydrogen (secondary N) is 1. The van der Waals surface area contributed by atoms with E-state index in [0.717, 1.165) is 25.2 Å². The third-order valence-electron chi connectivity index (χ3n) is 4.59. The van der Waals surface area contributed by atoms with Crippen molar-refractivity contribution in [3.63, 3.8) is 0 Å². The Hall–Kier alpha value is -1.13. The smallest absolute Gasteiger partial charge is 0.223 e. The molecule has 2 rings (SSSR count). The normalized spacial score (nSPS) is 20.2. The number of pyridine rings is 1. The van der Waals surface area contributed by atoms with E-state index in [1.165, 1.54) is 0 Å². The molecule has 5 heteroatoms. The lowest BCUT2D eigenvalue weighted by molar-refractivity contribution is -0.136. The van der Waals surface area contributed by atoms with Gasteiger partial charge in [0.1, 0.15) is 0 Å². The van der Waals surface area contributed by atoms with Crippen molar-refractivity contribution in [2.24, 2.45) is 11.3 Å². The Morgan fingerprint density at radius 1 is 1.50 bits per heavy atom. The molecule has 0 spiro atoms. The molecule has 0 aromatic carbocycles. The van der Waals surface area contributed by atoms with Crippen LogP contribution < -0.4 is 5.32 Å². The Morgan fingerprint density at radius 2 is 2.23 bits per heavy atom. The summed E-state index contributed by atoms with van der Waals surface area (Å²) in [7, 11) is 0. The summed E-state index contributed by atoms with van der Waals surface area (Å²) in [6.07, 6.45) is 4.25. The van der Waals surface area contributed by atoms with Gasteiger partial charge in [-0.1, -0.05) is 33.8 Å². The maximum Gasteiger partial charge on any atom is 0.223 e. The molecule has 0 aliphatic carbocycles. The summed E-state index contributed by atoms with van der Waals surface area (Å²) in [6, 6.07) is 4.09. The fraction of sp³-hybridized carbons (Fsp3) is 0.647. The summed E-state index contributed by atoms with van der Waals surface area (Å²) in [5.41, 5.74) is 1.27. The van der Waals surface area contributed by atoms with E-state index >= 15 is 0 Å². The van der Waals surface area contributed by atoms with Gasteiger partial charge in [-0.3, -0.25) is 9.78 Å². The second kappa shape index (κ2) is 7.93. The third kappa shape index (κ3) is 4.68. The predicted molar refractivity (Wildman–Crippen MR) is 92.0 cm³/mol. The summed E-state index contributed by atoms with van der Waals surface area (Å²) >= 11 is 0. The van der Waals surface area contributed by atoms with Crippen molar-refractivity contribution in [2.45, 2.75) is 40.2 Å². The van der Waals surface area contributed by atoms with E-state index in [9.17, 15) is 4.79 Å². The number of nitrogens with zero attached hydrogens (tertiary/aromatic N) is 2. The first-order valence-electron chi connectivity index (χ1n) is 7.79. The average molecular weight is 326 g/mol. The summed E-state index contributed by atoms with van der Waals surface area (Å²) in [4.78, 5) is 18.9. The molecule has 1 amide bonds. The second-order valence-electron chi connectivity index (χ2n) is 7.06. The van der Waals surface area contributed by atoms with E-state index in [4.69, 9.17) is 0 Å². The molecule has 1 N–H and O–H groups in total. The summed E-state index contributed by atoms with van der Waals surface area (Å²) < 4.78 is 0. The second-order valence-corrected chi connectivity index (χ2v) is 7.06. The zero-order chi connectivity index (χ0) is 15.5. The van der Waals surface area contributed by atoms with Crippen LogP contribution in [0.15, 0.2) is 24.5 Å². The van der Waals surface area contributed by atoms with Crippen LogP contribution in [0, 0.1) is 11.3 Å². The number of carbonyl (C=O) groups excluding carboxylic acids is 1. The van der Waals surface area contributed by atoms with Crippen LogP contribution in [0.1, 0.15) is 45.7 Å². The monoisotopic (exact) mass is 325 g/mol. The van der Waals surface area contributed by atoms with Crippen molar-refractivity contribution in [2.75, 3.05) is 19.6 Å². The lowest BCUT2D eigenvalue weighted by Gasteiger charge is -2.38. The molecule has 0 bridgehead atoms. The van der Waals surface area contributed by atoms with Crippen LogP contribution in [-0.2, 0) is 4.79 Å². The number of piperazine rings is 1. The molecular formula is C17H28ClN3O. The maximum absolute atomic E-state index is 12.7. The minimum atomic E-state index is 0. The zero-order valence-electron chi connectivity index (χ0n) is 14.0. The number of hydrogen-bond donors (Lipinski definition) is 1. The van der Waals surface area contributed by atoms with Crippen LogP contribution in [0.25, 0.3) is 0 Å². The number of amides is 1. The Labute approximate surface area is 140 Å². The molecule has 1 fully saturated rings. The van der Waals surface area contributed by atoms with Gasteiger partial charge in [-0.05, 0) is 23.0 Å². The summed E-state index contributed by atoms with van der Waals surface area (Å²) in [5, 5.41) is 3.38. The predicted octanol–water partition coefficient (Wildman–Crippen LogP) is 3.05. The van der Waals surface area contributed by atoms with Gasteiger partial charge in [-0.2, -0.15) is 0 Å². The van der Waals surface area contributed by atoms with Crippen molar-refractivity contribution in [1.29, 1.82) is 0 Å². The molecule has 2 atom stereocenters. The molecule has 2 heterocycles. The standard InChI is InChI=1S/C17H27N3O.ClH/c1-13(17(2,3)4)10-16(21)20-9-8-19-12-15(20)14-6-5-7-18-11-14;/h5-7,11,13,15,19H,8-10,12H2,1-4H3;1H. The number of rotatable bonds is 3. The van der Waals surface area contributed by atoms with Crippen LogP contribution in [0.5, 0.6) is 0 Å². The van der Waals surface area contributed by atoms with Crippen molar-refractivity contribution < 1.29 is 4.79 Å². The minimum absolute atomic E-state index is 0. The van der Waals surface area contributed by atoms with Gasteiger partial charge in [0, 0.05) is 38.4 Å². The largest absolute Gasteiger partial charge is 0.333 e. The van der Waals surface area contributed by atoms with Crippen LogP contribution in [-0.4, -0.2) is 35.4 Å². The molecule has 1 aliphatic heterocycles.